The van der Waals surface area contributed by atoms with Crippen molar-refractivity contribution >= 4 is 17.5 Å². The maximum atomic E-state index is 11.9. The molecule has 3 nitrogen and oxygen atoms in total. The zero-order valence-electron chi connectivity index (χ0n) is 12.2. The van der Waals surface area contributed by atoms with E-state index in [1.165, 1.54) is 18.4 Å². The summed E-state index contributed by atoms with van der Waals surface area (Å²) in [6.45, 7) is 3.36. The van der Waals surface area contributed by atoms with Crippen LogP contribution in [0, 0.1) is 5.92 Å². The topological polar surface area (TPSA) is 32.3 Å². The number of nitrogens with one attached hydrogen (secondary N) is 1. The van der Waals surface area contributed by atoms with Crippen LogP contribution in [0.1, 0.15) is 25.3 Å². The lowest BCUT2D eigenvalue weighted by molar-refractivity contribution is -0.122. The van der Waals surface area contributed by atoms with E-state index in [4.69, 9.17) is 11.6 Å². The van der Waals surface area contributed by atoms with Crippen molar-refractivity contribution in [1.82, 2.24) is 10.2 Å². The van der Waals surface area contributed by atoms with Crippen LogP contribution in [0.25, 0.3) is 0 Å². The Morgan fingerprint density at radius 1 is 1.40 bits per heavy atom. The lowest BCUT2D eigenvalue weighted by atomic mass is 10.1. The number of nitrogens with zero attached hydrogens (tertiary/aromatic N) is 1. The molecule has 1 atom stereocenters. The molecule has 0 aromatic heterocycles. The maximum Gasteiger partial charge on any atom is 0.234 e. The van der Waals surface area contributed by atoms with E-state index < -0.39 is 0 Å². The first kappa shape index (κ1) is 15.3. The smallest absolute Gasteiger partial charge is 0.234 e. The van der Waals surface area contributed by atoms with Crippen molar-refractivity contribution in [2.45, 2.75) is 32.2 Å². The van der Waals surface area contributed by atoms with Crippen molar-refractivity contribution in [2.75, 3.05) is 20.1 Å². The SMILES string of the molecule is CC(C1CC1)N(C)CC(=O)NCCc1ccc(Cl)cc1. The molecule has 1 aliphatic carbocycles. The Labute approximate surface area is 126 Å². The molecule has 20 heavy (non-hydrogen) atoms. The highest BCUT2D eigenvalue weighted by Crippen LogP contribution is 2.34. The molecule has 1 fully saturated rings. The highest BCUT2D eigenvalue weighted by Gasteiger charge is 2.30. The largest absolute Gasteiger partial charge is 0.355 e. The second-order valence-electron chi connectivity index (χ2n) is 5.72. The molecule has 1 N–H and O–H groups in total. The maximum absolute atomic E-state index is 11.9. The first-order valence-corrected chi connectivity index (χ1v) is 7.65. The molecule has 1 aromatic rings. The molecular formula is C16H23ClN2O. The zero-order valence-corrected chi connectivity index (χ0v) is 13.0. The van der Waals surface area contributed by atoms with E-state index in [0.29, 0.717) is 19.1 Å². The summed E-state index contributed by atoms with van der Waals surface area (Å²) in [5.74, 6) is 0.899. The fourth-order valence-electron chi connectivity index (χ4n) is 2.36. The molecule has 0 aliphatic heterocycles. The minimum atomic E-state index is 0.106. The third kappa shape index (κ3) is 4.80. The van der Waals surface area contributed by atoms with Crippen LogP contribution >= 0.6 is 11.6 Å². The molecule has 0 radical (unpaired) electrons. The predicted molar refractivity (Wildman–Crippen MR) is 83.0 cm³/mol. The van der Waals surface area contributed by atoms with Gasteiger partial charge in [-0.15, -0.1) is 0 Å². The molecule has 1 unspecified atom stereocenters. The summed E-state index contributed by atoms with van der Waals surface area (Å²) in [6, 6.07) is 8.26. The first-order valence-electron chi connectivity index (χ1n) is 7.27. The van der Waals surface area contributed by atoms with Gasteiger partial charge in [-0.1, -0.05) is 23.7 Å². The molecule has 0 saturated heterocycles. The van der Waals surface area contributed by atoms with Gasteiger partial charge in [0.1, 0.15) is 0 Å². The van der Waals surface area contributed by atoms with E-state index in [2.05, 4.69) is 17.1 Å². The Kier molecular flexibility index (Phi) is 5.44. The molecule has 1 saturated carbocycles. The second kappa shape index (κ2) is 7.09. The summed E-state index contributed by atoms with van der Waals surface area (Å²) in [6.07, 6.45) is 3.46. The number of carbonyl (C=O) groups is 1. The third-order valence-electron chi connectivity index (χ3n) is 4.04. The molecule has 110 valence electrons. The van der Waals surface area contributed by atoms with Crippen molar-refractivity contribution < 1.29 is 4.79 Å². The van der Waals surface area contributed by atoms with Gasteiger partial charge in [0.2, 0.25) is 5.91 Å². The van der Waals surface area contributed by atoms with Gasteiger partial charge >= 0.3 is 0 Å². The number of likely N-dealkylation sites (N-methyl/N-ethyl adjacent to an activating group) is 1. The molecule has 1 aliphatic rings. The molecule has 4 heteroatoms. The Hall–Kier alpha value is -1.06. The first-order chi connectivity index (χ1) is 9.56. The van der Waals surface area contributed by atoms with Crippen molar-refractivity contribution in [3.63, 3.8) is 0 Å². The van der Waals surface area contributed by atoms with E-state index in [1.54, 1.807) is 0 Å². The van der Waals surface area contributed by atoms with E-state index in [1.807, 2.05) is 31.3 Å². The van der Waals surface area contributed by atoms with Gasteiger partial charge in [-0.2, -0.15) is 0 Å². The Morgan fingerprint density at radius 3 is 2.65 bits per heavy atom. The summed E-state index contributed by atoms with van der Waals surface area (Å²) >= 11 is 5.84. The highest BCUT2D eigenvalue weighted by atomic mass is 35.5. The summed E-state index contributed by atoms with van der Waals surface area (Å²) in [5.41, 5.74) is 1.19. The van der Waals surface area contributed by atoms with Crippen molar-refractivity contribution in [3.05, 3.63) is 34.9 Å². The van der Waals surface area contributed by atoms with Crippen molar-refractivity contribution in [2.24, 2.45) is 5.92 Å². The summed E-state index contributed by atoms with van der Waals surface area (Å²) < 4.78 is 0. The van der Waals surface area contributed by atoms with Gasteiger partial charge < -0.3 is 5.32 Å². The lowest BCUT2D eigenvalue weighted by Crippen LogP contribution is -2.40. The van der Waals surface area contributed by atoms with Crippen LogP contribution in [0.15, 0.2) is 24.3 Å². The number of hydrogen-bond donors (Lipinski definition) is 1. The predicted octanol–water partition coefficient (Wildman–Crippen LogP) is 2.73. The van der Waals surface area contributed by atoms with Gasteiger partial charge in [-0.25, -0.2) is 0 Å². The van der Waals surface area contributed by atoms with E-state index >= 15 is 0 Å². The van der Waals surface area contributed by atoms with Gasteiger partial charge in [-0.3, -0.25) is 9.69 Å². The van der Waals surface area contributed by atoms with Crippen LogP contribution in [0.5, 0.6) is 0 Å². The van der Waals surface area contributed by atoms with Crippen molar-refractivity contribution in [3.8, 4) is 0 Å². The lowest BCUT2D eigenvalue weighted by Gasteiger charge is -2.23. The van der Waals surface area contributed by atoms with Gasteiger partial charge in [-0.05, 0) is 56.8 Å². The summed E-state index contributed by atoms with van der Waals surface area (Å²) in [7, 11) is 2.03. The fourth-order valence-corrected chi connectivity index (χ4v) is 2.49. The average Bonchev–Trinajstić information content (AvgIpc) is 3.24. The average molecular weight is 295 g/mol. The van der Waals surface area contributed by atoms with Crippen molar-refractivity contribution in [1.29, 1.82) is 0 Å². The number of hydrogen-bond acceptors (Lipinski definition) is 2. The number of rotatable bonds is 7. The van der Waals surface area contributed by atoms with Crippen LogP contribution in [0.2, 0.25) is 5.02 Å². The summed E-state index contributed by atoms with van der Waals surface area (Å²) in [5, 5.41) is 3.72. The number of carbonyl (C=O) groups excluding carboxylic acids is 1. The zero-order chi connectivity index (χ0) is 14.5. The monoisotopic (exact) mass is 294 g/mol. The van der Waals surface area contributed by atoms with Crippen LogP contribution in [0.4, 0.5) is 0 Å². The molecule has 2 rings (SSSR count). The third-order valence-corrected chi connectivity index (χ3v) is 4.29. The van der Waals surface area contributed by atoms with Crippen LogP contribution in [0.3, 0.4) is 0 Å². The Balaban J connectivity index is 1.65. The minimum absolute atomic E-state index is 0.106. The second-order valence-corrected chi connectivity index (χ2v) is 6.16. The molecule has 0 bridgehead atoms. The molecule has 1 aromatic carbocycles. The Bertz CT molecular complexity index is 442. The molecule has 0 spiro atoms. The van der Waals surface area contributed by atoms with Crippen LogP contribution in [-0.4, -0.2) is 37.0 Å². The van der Waals surface area contributed by atoms with Crippen LogP contribution < -0.4 is 5.32 Å². The van der Waals surface area contributed by atoms with E-state index in [9.17, 15) is 4.79 Å². The quantitative estimate of drug-likeness (QED) is 0.839. The van der Waals surface area contributed by atoms with Gasteiger partial charge in [0, 0.05) is 17.6 Å². The van der Waals surface area contributed by atoms with Gasteiger partial charge in [0.15, 0.2) is 0 Å². The molecule has 1 amide bonds. The van der Waals surface area contributed by atoms with E-state index in [-0.39, 0.29) is 5.91 Å². The standard InChI is InChI=1S/C16H23ClN2O/c1-12(14-5-6-14)19(2)11-16(20)18-10-9-13-3-7-15(17)8-4-13/h3-4,7-8,12,14H,5-6,9-11H2,1-2H3,(H,18,20). The van der Waals surface area contributed by atoms with Gasteiger partial charge in [0.25, 0.3) is 0 Å². The Morgan fingerprint density at radius 2 is 2.05 bits per heavy atom. The van der Waals surface area contributed by atoms with Gasteiger partial charge in [0.05, 0.1) is 6.54 Å². The summed E-state index contributed by atoms with van der Waals surface area (Å²) in [4.78, 5) is 14.0. The van der Waals surface area contributed by atoms with Crippen LogP contribution in [-0.2, 0) is 11.2 Å². The minimum Gasteiger partial charge on any atom is -0.355 e. The number of halogens is 1. The number of benzene rings is 1. The van der Waals surface area contributed by atoms with E-state index in [0.717, 1.165) is 17.4 Å². The molecule has 0 heterocycles. The highest BCUT2D eigenvalue weighted by molar-refractivity contribution is 6.30. The fraction of sp³-hybridized carbons (Fsp3) is 0.562. The normalized spacial score (nSPS) is 16.2. The number of amides is 1. The molecular weight excluding hydrogens is 272 g/mol.